The minimum Gasteiger partial charge on any atom is -0.442 e. The topological polar surface area (TPSA) is 59.2 Å². The standard InChI is InChI=1S/C16H19N3O2/c20-15(16-18-8-11-21-16)14-2-1-9-19(10-5-14)12-13-3-6-17-7-4-13/h3-4,6-8,11,14H,1-2,5,9-10,12H2. The van der Waals surface area contributed by atoms with Gasteiger partial charge < -0.3 is 4.42 Å². The zero-order chi connectivity index (χ0) is 14.5. The van der Waals surface area contributed by atoms with E-state index in [2.05, 4.69) is 14.9 Å². The number of hydrogen-bond acceptors (Lipinski definition) is 5. The molecule has 0 spiro atoms. The van der Waals surface area contributed by atoms with Crippen LogP contribution in [0.4, 0.5) is 0 Å². The van der Waals surface area contributed by atoms with Gasteiger partial charge in [0.05, 0.1) is 6.20 Å². The fourth-order valence-electron chi connectivity index (χ4n) is 2.84. The minimum atomic E-state index is 0.0334. The molecule has 0 aliphatic carbocycles. The van der Waals surface area contributed by atoms with Crippen molar-refractivity contribution in [1.82, 2.24) is 14.9 Å². The molecular formula is C16H19N3O2. The Balaban J connectivity index is 1.58. The van der Waals surface area contributed by atoms with Crippen molar-refractivity contribution in [2.75, 3.05) is 13.1 Å². The molecule has 1 fully saturated rings. The Morgan fingerprint density at radius 2 is 2.10 bits per heavy atom. The monoisotopic (exact) mass is 285 g/mol. The third-order valence-corrected chi connectivity index (χ3v) is 3.99. The maximum atomic E-state index is 12.3. The molecule has 3 rings (SSSR count). The van der Waals surface area contributed by atoms with E-state index >= 15 is 0 Å². The van der Waals surface area contributed by atoms with Gasteiger partial charge in [0.15, 0.2) is 0 Å². The predicted molar refractivity (Wildman–Crippen MR) is 77.7 cm³/mol. The smallest absolute Gasteiger partial charge is 0.263 e. The van der Waals surface area contributed by atoms with Crippen molar-refractivity contribution in [1.29, 1.82) is 0 Å². The largest absolute Gasteiger partial charge is 0.442 e. The number of ketones is 1. The Kier molecular flexibility index (Phi) is 4.40. The van der Waals surface area contributed by atoms with Gasteiger partial charge in [0.2, 0.25) is 5.78 Å². The van der Waals surface area contributed by atoms with E-state index in [-0.39, 0.29) is 17.6 Å². The number of nitrogens with zero attached hydrogens (tertiary/aromatic N) is 3. The van der Waals surface area contributed by atoms with Crippen LogP contribution in [0, 0.1) is 5.92 Å². The molecule has 0 radical (unpaired) electrons. The van der Waals surface area contributed by atoms with E-state index in [0.717, 1.165) is 38.9 Å². The third kappa shape index (κ3) is 3.55. The highest BCUT2D eigenvalue weighted by molar-refractivity contribution is 5.93. The van der Waals surface area contributed by atoms with Crippen LogP contribution < -0.4 is 0 Å². The first-order valence-electron chi connectivity index (χ1n) is 7.38. The van der Waals surface area contributed by atoms with Gasteiger partial charge in [-0.1, -0.05) is 0 Å². The van der Waals surface area contributed by atoms with Gasteiger partial charge in [0.25, 0.3) is 5.89 Å². The van der Waals surface area contributed by atoms with Crippen molar-refractivity contribution in [2.24, 2.45) is 5.92 Å². The molecule has 0 bridgehead atoms. The molecule has 0 saturated carbocycles. The molecule has 2 aromatic rings. The summed E-state index contributed by atoms with van der Waals surface area (Å²) in [4.78, 5) is 22.7. The van der Waals surface area contributed by atoms with Crippen LogP contribution in [-0.2, 0) is 6.54 Å². The second-order valence-electron chi connectivity index (χ2n) is 5.46. The predicted octanol–water partition coefficient (Wildman–Crippen LogP) is 2.55. The van der Waals surface area contributed by atoms with Crippen molar-refractivity contribution >= 4 is 5.78 Å². The molecule has 1 aliphatic heterocycles. The Hall–Kier alpha value is -2.01. The van der Waals surface area contributed by atoms with Gasteiger partial charge >= 0.3 is 0 Å². The van der Waals surface area contributed by atoms with Crippen LogP contribution in [0.25, 0.3) is 0 Å². The lowest BCUT2D eigenvalue weighted by molar-refractivity contribution is 0.0871. The summed E-state index contributed by atoms with van der Waals surface area (Å²) in [5.41, 5.74) is 1.27. The Bertz CT molecular complexity index is 568. The van der Waals surface area contributed by atoms with Gasteiger partial charge in [-0.3, -0.25) is 14.7 Å². The lowest BCUT2D eigenvalue weighted by atomic mass is 9.96. The first kappa shape index (κ1) is 13.9. The first-order valence-corrected chi connectivity index (χ1v) is 7.38. The normalized spacial score (nSPS) is 20.1. The highest BCUT2D eigenvalue weighted by Gasteiger charge is 2.26. The van der Waals surface area contributed by atoms with E-state index in [0.29, 0.717) is 0 Å². The van der Waals surface area contributed by atoms with Crippen LogP contribution in [0.2, 0.25) is 0 Å². The number of Topliss-reactive ketones (excluding diaryl/α,β-unsaturated/α-hetero) is 1. The van der Waals surface area contributed by atoms with Gasteiger partial charge in [0, 0.05) is 24.9 Å². The van der Waals surface area contributed by atoms with Gasteiger partial charge in [-0.05, 0) is 50.0 Å². The van der Waals surface area contributed by atoms with Gasteiger partial charge in [0.1, 0.15) is 6.26 Å². The molecule has 1 unspecified atom stereocenters. The maximum absolute atomic E-state index is 12.3. The molecule has 0 amide bonds. The highest BCUT2D eigenvalue weighted by atomic mass is 16.3. The van der Waals surface area contributed by atoms with Crippen molar-refractivity contribution in [3.05, 3.63) is 48.4 Å². The number of rotatable bonds is 4. The van der Waals surface area contributed by atoms with Gasteiger partial charge in [-0.15, -0.1) is 0 Å². The number of aromatic nitrogens is 2. The molecule has 5 heteroatoms. The maximum Gasteiger partial charge on any atom is 0.263 e. The van der Waals surface area contributed by atoms with E-state index in [9.17, 15) is 4.79 Å². The molecule has 0 N–H and O–H groups in total. The number of carbonyl (C=O) groups is 1. The summed E-state index contributed by atoms with van der Waals surface area (Å²) >= 11 is 0. The molecule has 2 aromatic heterocycles. The SMILES string of the molecule is O=C(c1ncco1)C1CCCN(Cc2ccncc2)CC1. The molecular weight excluding hydrogens is 266 g/mol. The number of likely N-dealkylation sites (tertiary alicyclic amines) is 1. The molecule has 1 aliphatic rings. The number of hydrogen-bond donors (Lipinski definition) is 0. The third-order valence-electron chi connectivity index (χ3n) is 3.99. The molecule has 1 saturated heterocycles. The van der Waals surface area contributed by atoms with Crippen molar-refractivity contribution in [3.63, 3.8) is 0 Å². The van der Waals surface area contributed by atoms with E-state index in [1.165, 1.54) is 18.0 Å². The van der Waals surface area contributed by atoms with Crippen molar-refractivity contribution in [3.8, 4) is 0 Å². The van der Waals surface area contributed by atoms with Crippen LogP contribution in [-0.4, -0.2) is 33.7 Å². The minimum absolute atomic E-state index is 0.0334. The zero-order valence-electron chi connectivity index (χ0n) is 11.9. The summed E-state index contributed by atoms with van der Waals surface area (Å²) < 4.78 is 5.13. The first-order chi connectivity index (χ1) is 10.3. The number of oxazole rings is 1. The quantitative estimate of drug-likeness (QED) is 0.808. The highest BCUT2D eigenvalue weighted by Crippen LogP contribution is 2.22. The molecule has 3 heterocycles. The number of pyridine rings is 1. The Labute approximate surface area is 124 Å². The molecule has 110 valence electrons. The van der Waals surface area contributed by atoms with E-state index in [4.69, 9.17) is 4.42 Å². The van der Waals surface area contributed by atoms with E-state index in [1.807, 2.05) is 24.5 Å². The van der Waals surface area contributed by atoms with Crippen LogP contribution in [0.3, 0.4) is 0 Å². The Morgan fingerprint density at radius 3 is 2.86 bits per heavy atom. The average Bonchev–Trinajstić information content (AvgIpc) is 2.95. The van der Waals surface area contributed by atoms with Gasteiger partial charge in [-0.2, -0.15) is 0 Å². The Morgan fingerprint density at radius 1 is 1.24 bits per heavy atom. The average molecular weight is 285 g/mol. The second-order valence-corrected chi connectivity index (χ2v) is 5.46. The van der Waals surface area contributed by atoms with E-state index < -0.39 is 0 Å². The van der Waals surface area contributed by atoms with Gasteiger partial charge in [-0.25, -0.2) is 4.98 Å². The summed E-state index contributed by atoms with van der Waals surface area (Å²) in [5, 5.41) is 0. The summed E-state index contributed by atoms with van der Waals surface area (Å²) in [5.74, 6) is 0.333. The zero-order valence-corrected chi connectivity index (χ0v) is 11.9. The van der Waals surface area contributed by atoms with Crippen molar-refractivity contribution < 1.29 is 9.21 Å². The molecule has 1 atom stereocenters. The van der Waals surface area contributed by atoms with Crippen LogP contribution >= 0.6 is 0 Å². The van der Waals surface area contributed by atoms with Crippen LogP contribution in [0.5, 0.6) is 0 Å². The lowest BCUT2D eigenvalue weighted by Crippen LogP contribution is -2.25. The summed E-state index contributed by atoms with van der Waals surface area (Å²) in [6.07, 6.45) is 9.44. The molecule has 5 nitrogen and oxygen atoms in total. The van der Waals surface area contributed by atoms with E-state index in [1.54, 1.807) is 0 Å². The molecule has 21 heavy (non-hydrogen) atoms. The molecule has 0 aromatic carbocycles. The second kappa shape index (κ2) is 6.63. The van der Waals surface area contributed by atoms with Crippen LogP contribution in [0.15, 0.2) is 41.4 Å². The summed E-state index contributed by atoms with van der Waals surface area (Å²) in [6.45, 7) is 2.87. The fourth-order valence-corrected chi connectivity index (χ4v) is 2.84. The fraction of sp³-hybridized carbons (Fsp3) is 0.438. The summed E-state index contributed by atoms with van der Waals surface area (Å²) in [7, 11) is 0. The lowest BCUT2D eigenvalue weighted by Gasteiger charge is -2.19. The van der Waals surface area contributed by atoms with Crippen molar-refractivity contribution in [2.45, 2.75) is 25.8 Å². The number of carbonyl (C=O) groups excluding carboxylic acids is 1. The van der Waals surface area contributed by atoms with Crippen LogP contribution in [0.1, 0.15) is 35.5 Å². The summed E-state index contributed by atoms with van der Waals surface area (Å²) in [6, 6.07) is 4.08.